The van der Waals surface area contributed by atoms with Crippen molar-refractivity contribution in [3.63, 3.8) is 0 Å². The lowest BCUT2D eigenvalue weighted by atomic mass is 10.0. The van der Waals surface area contributed by atoms with E-state index in [0.29, 0.717) is 12.1 Å². The molecule has 1 aliphatic rings. The molecule has 1 aliphatic heterocycles. The summed E-state index contributed by atoms with van der Waals surface area (Å²) in [6, 6.07) is -2.68. The number of likely N-dealkylation sites (tertiary alicyclic amines) is 1. The molecule has 1 heterocycles. The third-order valence-electron chi connectivity index (χ3n) is 7.27. The molecule has 1 aromatic carbocycles. The first-order valence-electron chi connectivity index (χ1n) is 15.5. The molecule has 0 radical (unpaired) electrons. The first-order valence-corrected chi connectivity index (χ1v) is 16.5. The number of carboxylic acids is 1. The van der Waals surface area contributed by atoms with Crippen LogP contribution in [0.1, 0.15) is 69.8 Å². The molecule has 0 saturated carbocycles. The molecule has 4 atom stereocenters. The van der Waals surface area contributed by atoms with Crippen LogP contribution in [0.4, 0.5) is 22.4 Å². The summed E-state index contributed by atoms with van der Waals surface area (Å²) in [4.78, 5) is 64.9. The zero-order valence-electron chi connectivity index (χ0n) is 27.1. The Morgan fingerprint density at radius 3 is 2.23 bits per heavy atom. The lowest BCUT2D eigenvalue weighted by molar-refractivity contribution is -0.141. The van der Waals surface area contributed by atoms with Gasteiger partial charge in [-0.05, 0) is 49.0 Å². The number of carbonyl (C=O) groups is 5. The molecule has 0 spiro atoms. The van der Waals surface area contributed by atoms with Crippen LogP contribution >= 0.6 is 11.8 Å². The topological polar surface area (TPSA) is 154 Å². The van der Waals surface area contributed by atoms with Gasteiger partial charge in [-0.1, -0.05) is 34.6 Å². The van der Waals surface area contributed by atoms with Crippen molar-refractivity contribution in [3.05, 3.63) is 34.9 Å². The van der Waals surface area contributed by atoms with E-state index >= 15 is 0 Å². The van der Waals surface area contributed by atoms with Crippen molar-refractivity contribution < 1.29 is 51.4 Å². The van der Waals surface area contributed by atoms with E-state index < -0.39 is 102 Å². The fourth-order valence-electron chi connectivity index (χ4n) is 4.87. The summed E-state index contributed by atoms with van der Waals surface area (Å²) in [5, 5.41) is 16.0. The van der Waals surface area contributed by atoms with Crippen LogP contribution in [0.25, 0.3) is 0 Å². The number of benzene rings is 1. The lowest BCUT2D eigenvalue weighted by Gasteiger charge is -2.31. The molecule has 47 heavy (non-hydrogen) atoms. The second-order valence-electron chi connectivity index (χ2n) is 12.0. The first kappa shape index (κ1) is 39.6. The van der Waals surface area contributed by atoms with Gasteiger partial charge < -0.3 is 30.7 Å². The predicted octanol–water partition coefficient (Wildman–Crippen LogP) is 3.98. The number of hydrogen-bond donors (Lipinski definition) is 4. The Bertz CT molecular complexity index is 1250. The summed E-state index contributed by atoms with van der Waals surface area (Å²) in [5.41, 5.74) is -1.12. The van der Waals surface area contributed by atoms with Crippen LogP contribution in [-0.4, -0.2) is 95.0 Å². The number of alkyl halides is 2. The minimum absolute atomic E-state index is 0.0584. The number of nitrogens with one attached hydrogen (secondary N) is 3. The molecule has 1 fully saturated rings. The fourth-order valence-corrected chi connectivity index (χ4v) is 6.03. The maximum atomic E-state index is 14.3. The summed E-state index contributed by atoms with van der Waals surface area (Å²) in [6.45, 7) is 8.96. The number of nitrogens with zero attached hydrogens (tertiary/aromatic N) is 1. The van der Waals surface area contributed by atoms with E-state index in [1.54, 1.807) is 25.6 Å². The summed E-state index contributed by atoms with van der Waals surface area (Å²) < 4.78 is 60.8. The van der Waals surface area contributed by atoms with Gasteiger partial charge in [-0.25, -0.2) is 27.2 Å². The largest absolute Gasteiger partial charge is 0.478 e. The van der Waals surface area contributed by atoms with Gasteiger partial charge in [0.1, 0.15) is 29.8 Å². The second kappa shape index (κ2) is 18.7. The molecule has 4 N–H and O–H groups in total. The number of ether oxygens (including phenoxy) is 1. The summed E-state index contributed by atoms with van der Waals surface area (Å²) in [7, 11) is 0. The Labute approximate surface area is 275 Å². The Balaban J connectivity index is 2.20. The summed E-state index contributed by atoms with van der Waals surface area (Å²) >= 11 is 1.54. The second-order valence-corrected chi connectivity index (χ2v) is 13.5. The molecule has 1 saturated heterocycles. The quantitative estimate of drug-likeness (QED) is 0.179. The normalized spacial score (nSPS) is 17.5. The standard InChI is InChI=1S/C31H44F4N4O7S/c1-6-9-47-19-12-24(39(14-19)29(42)26(17(4)5)38-31(45)46-15-16(2)3)28(41)37-23(13-25(34)35)27(40)36-8-7-20-21(32)10-18(30(43)44)11-22(20)33/h10-11,16-17,19,23-26H,6-9,12-15H2,1-5H3,(H,36,40)(H,37,41)(H,38,45)(H,43,44)/t19-,23+,24+,26+/m1/s1. The highest BCUT2D eigenvalue weighted by atomic mass is 32.2. The molecular formula is C31H44F4N4O7S. The molecule has 1 aromatic rings. The zero-order chi connectivity index (χ0) is 35.4. The van der Waals surface area contributed by atoms with Gasteiger partial charge in [0, 0.05) is 30.3 Å². The van der Waals surface area contributed by atoms with Gasteiger partial charge in [-0.3, -0.25) is 14.4 Å². The van der Waals surface area contributed by atoms with E-state index in [-0.39, 0.29) is 30.7 Å². The van der Waals surface area contributed by atoms with E-state index in [0.717, 1.165) is 12.2 Å². The van der Waals surface area contributed by atoms with Crippen LogP contribution in [0.2, 0.25) is 0 Å². The van der Waals surface area contributed by atoms with Crippen molar-refractivity contribution in [2.45, 2.75) is 90.1 Å². The third kappa shape index (κ3) is 12.2. The number of carbonyl (C=O) groups excluding carboxylic acids is 4. The maximum absolute atomic E-state index is 14.3. The van der Waals surface area contributed by atoms with E-state index in [1.165, 1.54) is 4.90 Å². The number of alkyl carbamates (subject to hydrolysis) is 1. The Hall–Kier alpha value is -3.56. The van der Waals surface area contributed by atoms with Gasteiger partial charge >= 0.3 is 12.1 Å². The van der Waals surface area contributed by atoms with Crippen molar-refractivity contribution in [3.8, 4) is 0 Å². The van der Waals surface area contributed by atoms with Crippen molar-refractivity contribution in [1.29, 1.82) is 0 Å². The molecule has 0 bridgehead atoms. The Morgan fingerprint density at radius 1 is 1.06 bits per heavy atom. The zero-order valence-corrected chi connectivity index (χ0v) is 27.9. The number of amides is 4. The van der Waals surface area contributed by atoms with Crippen LogP contribution in [0, 0.1) is 23.5 Å². The molecule has 11 nitrogen and oxygen atoms in total. The van der Waals surface area contributed by atoms with E-state index in [2.05, 4.69) is 16.0 Å². The van der Waals surface area contributed by atoms with Crippen molar-refractivity contribution >= 4 is 41.5 Å². The molecule has 264 valence electrons. The highest BCUT2D eigenvalue weighted by Crippen LogP contribution is 2.30. The Morgan fingerprint density at radius 2 is 1.70 bits per heavy atom. The summed E-state index contributed by atoms with van der Waals surface area (Å²) in [5.74, 6) is -5.88. The SMILES string of the molecule is CCCS[C@@H]1C[C@@H](C(=O)N[C@@H](CC(F)F)C(=O)NCCc2c(F)cc(C(=O)O)cc2F)N(C(=O)[C@@H](NC(=O)OCC(C)C)C(C)C)C1. The van der Waals surface area contributed by atoms with Crippen LogP contribution in [0.5, 0.6) is 0 Å². The Kier molecular flexibility index (Phi) is 15.8. The van der Waals surface area contributed by atoms with Gasteiger partial charge in [-0.15, -0.1) is 0 Å². The smallest absolute Gasteiger partial charge is 0.407 e. The number of hydrogen-bond acceptors (Lipinski definition) is 7. The highest BCUT2D eigenvalue weighted by Gasteiger charge is 2.44. The average molecular weight is 693 g/mol. The maximum Gasteiger partial charge on any atom is 0.407 e. The van der Waals surface area contributed by atoms with E-state index in [4.69, 9.17) is 9.84 Å². The van der Waals surface area contributed by atoms with Crippen LogP contribution in [-0.2, 0) is 25.5 Å². The van der Waals surface area contributed by atoms with Gasteiger partial charge in [0.15, 0.2) is 0 Å². The van der Waals surface area contributed by atoms with E-state index in [9.17, 15) is 41.5 Å². The minimum Gasteiger partial charge on any atom is -0.478 e. The summed E-state index contributed by atoms with van der Waals surface area (Å²) in [6.07, 6.45) is -4.29. The number of carboxylic acid groups (broad SMARTS) is 1. The first-order chi connectivity index (χ1) is 22.0. The van der Waals surface area contributed by atoms with E-state index in [1.807, 2.05) is 20.8 Å². The van der Waals surface area contributed by atoms with Crippen LogP contribution in [0.3, 0.4) is 0 Å². The van der Waals surface area contributed by atoms with Gasteiger partial charge in [-0.2, -0.15) is 11.8 Å². The van der Waals surface area contributed by atoms with Gasteiger partial charge in [0.25, 0.3) is 0 Å². The predicted molar refractivity (Wildman–Crippen MR) is 167 cm³/mol. The number of rotatable bonds is 17. The highest BCUT2D eigenvalue weighted by molar-refractivity contribution is 7.99. The molecule has 0 aliphatic carbocycles. The number of halogens is 4. The minimum atomic E-state index is -3.01. The average Bonchev–Trinajstić information content (AvgIpc) is 3.42. The fraction of sp³-hybridized carbons (Fsp3) is 0.645. The van der Waals surface area contributed by atoms with Crippen LogP contribution < -0.4 is 16.0 Å². The van der Waals surface area contributed by atoms with Crippen LogP contribution in [0.15, 0.2) is 12.1 Å². The molecule has 2 rings (SSSR count). The molecular weight excluding hydrogens is 648 g/mol. The number of aromatic carboxylic acids is 1. The third-order valence-corrected chi connectivity index (χ3v) is 8.73. The van der Waals surface area contributed by atoms with Crippen molar-refractivity contribution in [2.75, 3.05) is 25.4 Å². The monoisotopic (exact) mass is 692 g/mol. The molecule has 4 amide bonds. The molecule has 0 aromatic heterocycles. The van der Waals surface area contributed by atoms with Gasteiger partial charge in [0.05, 0.1) is 12.2 Å². The lowest BCUT2D eigenvalue weighted by Crippen LogP contribution is -2.57. The van der Waals surface area contributed by atoms with Crippen molar-refractivity contribution in [2.24, 2.45) is 11.8 Å². The molecule has 16 heteroatoms. The number of thioether (sulfide) groups is 1. The molecule has 0 unspecified atom stereocenters. The van der Waals surface area contributed by atoms with Crippen molar-refractivity contribution in [1.82, 2.24) is 20.9 Å². The van der Waals surface area contributed by atoms with Gasteiger partial charge in [0.2, 0.25) is 24.1 Å².